The highest BCUT2D eigenvalue weighted by atomic mass is 16.5. The van der Waals surface area contributed by atoms with Gasteiger partial charge in [-0.05, 0) is 55.8 Å². The number of aromatic amines is 1. The van der Waals surface area contributed by atoms with Crippen molar-refractivity contribution in [3.05, 3.63) is 83.6 Å². The van der Waals surface area contributed by atoms with Crippen LogP contribution in [-0.4, -0.2) is 22.4 Å². The minimum absolute atomic E-state index is 0.0625. The van der Waals surface area contributed by atoms with Crippen LogP contribution in [0.3, 0.4) is 0 Å². The number of benzene rings is 3. The lowest BCUT2D eigenvalue weighted by Gasteiger charge is -2.11. The van der Waals surface area contributed by atoms with Crippen LogP contribution in [0.2, 0.25) is 0 Å². The van der Waals surface area contributed by atoms with E-state index in [0.717, 1.165) is 17.0 Å². The van der Waals surface area contributed by atoms with Crippen LogP contribution in [0.1, 0.15) is 16.8 Å². The number of hydrogen-bond donors (Lipinski definition) is 2. The van der Waals surface area contributed by atoms with E-state index in [1.165, 1.54) is 5.56 Å². The predicted octanol–water partition coefficient (Wildman–Crippen LogP) is 5.78. The number of H-pyrrole nitrogens is 1. The number of ether oxygens (including phenoxy) is 3. The molecule has 6 heteroatoms. The van der Waals surface area contributed by atoms with Crippen molar-refractivity contribution >= 4 is 0 Å². The molecule has 6 nitrogen and oxygen atoms in total. The van der Waals surface area contributed by atoms with E-state index >= 15 is 0 Å². The van der Waals surface area contributed by atoms with E-state index in [4.69, 9.17) is 14.2 Å². The number of methoxy groups -OCH3 is 1. The molecule has 31 heavy (non-hydrogen) atoms. The highest BCUT2D eigenvalue weighted by Gasteiger charge is 2.18. The molecule has 0 atom stereocenters. The Morgan fingerprint density at radius 3 is 2.23 bits per heavy atom. The summed E-state index contributed by atoms with van der Waals surface area (Å²) in [4.78, 5) is 0. The van der Waals surface area contributed by atoms with Gasteiger partial charge in [0.25, 0.3) is 0 Å². The fourth-order valence-electron chi connectivity index (χ4n) is 3.14. The van der Waals surface area contributed by atoms with Gasteiger partial charge in [0.1, 0.15) is 35.3 Å². The zero-order valence-electron chi connectivity index (χ0n) is 17.7. The molecule has 0 radical (unpaired) electrons. The molecular weight excluding hydrogens is 392 g/mol. The Balaban J connectivity index is 1.53. The third-order valence-corrected chi connectivity index (χ3v) is 4.92. The van der Waals surface area contributed by atoms with Gasteiger partial charge in [0.05, 0.1) is 12.8 Å². The highest BCUT2D eigenvalue weighted by Crippen LogP contribution is 2.40. The second-order valence-corrected chi connectivity index (χ2v) is 7.26. The van der Waals surface area contributed by atoms with Gasteiger partial charge in [0.15, 0.2) is 5.75 Å². The van der Waals surface area contributed by atoms with Crippen LogP contribution in [0, 0.1) is 13.8 Å². The fourth-order valence-corrected chi connectivity index (χ4v) is 3.14. The maximum Gasteiger partial charge on any atom is 0.176 e. The van der Waals surface area contributed by atoms with Crippen LogP contribution >= 0.6 is 0 Å². The summed E-state index contributed by atoms with van der Waals surface area (Å²) in [5, 5.41) is 17.9. The van der Waals surface area contributed by atoms with Crippen molar-refractivity contribution in [3.63, 3.8) is 0 Å². The van der Waals surface area contributed by atoms with Gasteiger partial charge in [-0.2, -0.15) is 5.10 Å². The molecule has 0 saturated carbocycles. The van der Waals surface area contributed by atoms with Crippen molar-refractivity contribution in [3.8, 4) is 40.0 Å². The minimum atomic E-state index is 0.0625. The van der Waals surface area contributed by atoms with Crippen molar-refractivity contribution in [1.82, 2.24) is 10.2 Å². The van der Waals surface area contributed by atoms with Crippen LogP contribution in [0.25, 0.3) is 11.3 Å². The summed E-state index contributed by atoms with van der Waals surface area (Å²) in [6.45, 7) is 4.34. The Labute approximate surface area is 181 Å². The number of nitrogens with one attached hydrogen (secondary N) is 1. The fraction of sp³-hybridized carbons (Fsp3) is 0.160. The normalized spacial score (nSPS) is 10.7. The van der Waals surface area contributed by atoms with Crippen LogP contribution in [0.15, 0.2) is 66.7 Å². The molecule has 0 saturated heterocycles. The van der Waals surface area contributed by atoms with Crippen molar-refractivity contribution in [2.45, 2.75) is 20.5 Å². The molecule has 4 rings (SSSR count). The lowest BCUT2D eigenvalue weighted by molar-refractivity contribution is 0.304. The second kappa shape index (κ2) is 8.83. The van der Waals surface area contributed by atoms with Gasteiger partial charge in [-0.25, -0.2) is 0 Å². The first kappa shape index (κ1) is 20.3. The van der Waals surface area contributed by atoms with E-state index in [0.29, 0.717) is 35.1 Å². The minimum Gasteiger partial charge on any atom is -0.507 e. The highest BCUT2D eigenvalue weighted by molar-refractivity contribution is 5.74. The van der Waals surface area contributed by atoms with Gasteiger partial charge in [-0.1, -0.05) is 29.8 Å². The number of aryl methyl sites for hydroxylation is 2. The van der Waals surface area contributed by atoms with Crippen LogP contribution in [-0.2, 0) is 6.61 Å². The number of aromatic hydroxyl groups is 1. The van der Waals surface area contributed by atoms with Crippen molar-refractivity contribution in [2.75, 3.05) is 7.11 Å². The summed E-state index contributed by atoms with van der Waals surface area (Å²) in [6.07, 6.45) is 0. The zero-order chi connectivity index (χ0) is 21.8. The molecule has 1 heterocycles. The molecule has 2 N–H and O–H groups in total. The molecule has 0 spiro atoms. The van der Waals surface area contributed by atoms with Crippen molar-refractivity contribution in [2.24, 2.45) is 0 Å². The topological polar surface area (TPSA) is 76.6 Å². The number of phenols is 1. The smallest absolute Gasteiger partial charge is 0.176 e. The van der Waals surface area contributed by atoms with E-state index in [1.54, 1.807) is 19.2 Å². The Morgan fingerprint density at radius 2 is 1.55 bits per heavy atom. The molecule has 0 fully saturated rings. The first-order chi connectivity index (χ1) is 15.0. The Morgan fingerprint density at radius 1 is 0.871 bits per heavy atom. The summed E-state index contributed by atoms with van der Waals surface area (Å²) in [6, 6.07) is 20.6. The third-order valence-electron chi connectivity index (χ3n) is 4.92. The lowest BCUT2D eigenvalue weighted by atomic mass is 10.1. The van der Waals surface area contributed by atoms with Crippen LogP contribution in [0.4, 0.5) is 0 Å². The van der Waals surface area contributed by atoms with E-state index in [9.17, 15) is 5.11 Å². The molecule has 0 bridgehead atoms. The molecule has 0 aliphatic carbocycles. The standard InChI is InChI=1S/C25H24N2O4/c1-16-4-6-18(7-5-16)15-30-21-12-13-22(23(28)14-21)24-25(17(2)26-27-24)31-20-10-8-19(29-3)9-11-20/h4-14,28H,15H2,1-3H3,(H,26,27). The number of aromatic nitrogens is 2. The summed E-state index contributed by atoms with van der Waals surface area (Å²) in [5.41, 5.74) is 4.09. The molecular formula is C25H24N2O4. The SMILES string of the molecule is COc1ccc(Oc2c(-c3ccc(OCc4ccc(C)cc4)cc3O)n[nH]c2C)cc1. The van der Waals surface area contributed by atoms with E-state index in [1.807, 2.05) is 68.4 Å². The van der Waals surface area contributed by atoms with Crippen molar-refractivity contribution < 1.29 is 19.3 Å². The number of nitrogens with zero attached hydrogens (tertiary/aromatic N) is 1. The molecule has 0 amide bonds. The first-order valence-electron chi connectivity index (χ1n) is 9.92. The van der Waals surface area contributed by atoms with Crippen molar-refractivity contribution in [1.29, 1.82) is 0 Å². The van der Waals surface area contributed by atoms with Crippen LogP contribution in [0.5, 0.6) is 28.7 Å². The molecule has 4 aromatic rings. The number of rotatable bonds is 7. The van der Waals surface area contributed by atoms with Crippen LogP contribution < -0.4 is 14.2 Å². The molecule has 3 aromatic carbocycles. The van der Waals surface area contributed by atoms with E-state index in [2.05, 4.69) is 10.2 Å². The van der Waals surface area contributed by atoms with Gasteiger partial charge in [0.2, 0.25) is 0 Å². The molecule has 1 aromatic heterocycles. The quantitative estimate of drug-likeness (QED) is 0.399. The Kier molecular flexibility index (Phi) is 5.80. The largest absolute Gasteiger partial charge is 0.507 e. The molecule has 0 unspecified atom stereocenters. The summed E-state index contributed by atoms with van der Waals surface area (Å²) in [5.74, 6) is 2.58. The lowest BCUT2D eigenvalue weighted by Crippen LogP contribution is -1.95. The first-order valence-corrected chi connectivity index (χ1v) is 9.92. The third kappa shape index (κ3) is 4.64. The Hall–Kier alpha value is -3.93. The zero-order valence-corrected chi connectivity index (χ0v) is 17.7. The number of phenolic OH excluding ortho intramolecular Hbond substituents is 1. The van der Waals surface area contributed by atoms with Gasteiger partial charge >= 0.3 is 0 Å². The molecule has 0 aliphatic heterocycles. The van der Waals surface area contributed by atoms with Gasteiger partial charge < -0.3 is 19.3 Å². The maximum atomic E-state index is 10.6. The van der Waals surface area contributed by atoms with Gasteiger partial charge in [-0.15, -0.1) is 0 Å². The Bertz CT molecular complexity index is 1170. The maximum absolute atomic E-state index is 10.6. The predicted molar refractivity (Wildman–Crippen MR) is 119 cm³/mol. The average Bonchev–Trinajstić information content (AvgIpc) is 3.14. The number of hydrogen-bond acceptors (Lipinski definition) is 5. The summed E-state index contributed by atoms with van der Waals surface area (Å²) >= 11 is 0. The average molecular weight is 416 g/mol. The molecule has 158 valence electrons. The van der Waals surface area contributed by atoms with E-state index < -0.39 is 0 Å². The van der Waals surface area contributed by atoms with Gasteiger partial charge in [0, 0.05) is 11.6 Å². The van der Waals surface area contributed by atoms with Gasteiger partial charge in [-0.3, -0.25) is 5.10 Å². The summed E-state index contributed by atoms with van der Waals surface area (Å²) in [7, 11) is 1.62. The molecule has 0 aliphatic rings. The van der Waals surface area contributed by atoms with E-state index in [-0.39, 0.29) is 5.75 Å². The monoisotopic (exact) mass is 416 g/mol. The summed E-state index contributed by atoms with van der Waals surface area (Å²) < 4.78 is 17.1. The second-order valence-electron chi connectivity index (χ2n) is 7.26.